The van der Waals surface area contributed by atoms with Gasteiger partial charge in [0.2, 0.25) is 0 Å². The van der Waals surface area contributed by atoms with Crippen LogP contribution in [0.2, 0.25) is 0 Å². The molecule has 3 heteroatoms. The number of hydrogen-bond acceptors (Lipinski definition) is 0. The van der Waals surface area contributed by atoms with Crippen molar-refractivity contribution in [3.05, 3.63) is 35.1 Å². The van der Waals surface area contributed by atoms with Crippen molar-refractivity contribution in [3.8, 4) is 0 Å². The van der Waals surface area contributed by atoms with E-state index in [-0.39, 0.29) is 5.92 Å². The Balaban J connectivity index is 1.53. The number of rotatable bonds is 4. The van der Waals surface area contributed by atoms with Crippen molar-refractivity contribution in [1.29, 1.82) is 0 Å². The lowest BCUT2D eigenvalue weighted by Crippen LogP contribution is -2.25. The highest BCUT2D eigenvalue weighted by Crippen LogP contribution is 2.44. The van der Waals surface area contributed by atoms with Crippen LogP contribution in [0.3, 0.4) is 0 Å². The van der Waals surface area contributed by atoms with Gasteiger partial charge in [0.05, 0.1) is 0 Å². The Labute approximate surface area is 143 Å². The lowest BCUT2D eigenvalue weighted by atomic mass is 9.68. The maximum absolute atomic E-state index is 13.4. The zero-order valence-electron chi connectivity index (χ0n) is 14.7. The van der Waals surface area contributed by atoms with E-state index in [0.29, 0.717) is 5.56 Å². The van der Waals surface area contributed by atoms with Gasteiger partial charge in [-0.2, -0.15) is 0 Å². The first-order valence-corrected chi connectivity index (χ1v) is 9.72. The number of halogens is 3. The lowest BCUT2D eigenvalue weighted by Gasteiger charge is -2.38. The molecule has 0 atom stereocenters. The molecule has 0 aliphatic heterocycles. The molecule has 134 valence electrons. The number of benzene rings is 1. The van der Waals surface area contributed by atoms with E-state index in [1.54, 1.807) is 0 Å². The summed E-state index contributed by atoms with van der Waals surface area (Å²) in [5.41, 5.74) is 0.636. The van der Waals surface area contributed by atoms with Crippen LogP contribution in [0.25, 0.3) is 0 Å². The Morgan fingerprint density at radius 1 is 0.792 bits per heavy atom. The van der Waals surface area contributed by atoms with Crippen molar-refractivity contribution in [1.82, 2.24) is 0 Å². The summed E-state index contributed by atoms with van der Waals surface area (Å²) in [6, 6.07) is 2.39. The van der Waals surface area contributed by atoms with E-state index in [1.807, 2.05) is 0 Å². The SMILES string of the molecule is CCCC1CCC([C@H]2CC[C@H](c3cc(F)c(F)c(F)c3)CC2)CC1. The van der Waals surface area contributed by atoms with E-state index in [9.17, 15) is 13.2 Å². The standard InChI is InChI=1S/C21H29F3/c1-2-3-14-4-6-15(7-5-14)16-8-10-17(11-9-16)18-12-19(22)21(24)20(23)13-18/h12-17H,2-11H2,1H3/t14?,15?,16-,17-. The molecule has 2 aliphatic rings. The van der Waals surface area contributed by atoms with E-state index >= 15 is 0 Å². The van der Waals surface area contributed by atoms with Crippen LogP contribution in [0.15, 0.2) is 12.1 Å². The maximum Gasteiger partial charge on any atom is 0.194 e. The summed E-state index contributed by atoms with van der Waals surface area (Å²) in [5, 5.41) is 0. The summed E-state index contributed by atoms with van der Waals surface area (Å²) in [6.45, 7) is 2.27. The van der Waals surface area contributed by atoms with Gasteiger partial charge in [0.25, 0.3) is 0 Å². The minimum atomic E-state index is -1.35. The fourth-order valence-electron chi connectivity index (χ4n) is 5.09. The zero-order chi connectivity index (χ0) is 17.1. The molecule has 0 heterocycles. The summed E-state index contributed by atoms with van der Waals surface area (Å²) < 4.78 is 40.0. The van der Waals surface area contributed by atoms with Gasteiger partial charge >= 0.3 is 0 Å². The molecule has 2 saturated carbocycles. The van der Waals surface area contributed by atoms with Gasteiger partial charge in [-0.15, -0.1) is 0 Å². The number of hydrogen-bond donors (Lipinski definition) is 0. The molecule has 0 saturated heterocycles. The average Bonchev–Trinajstić information content (AvgIpc) is 2.60. The lowest BCUT2D eigenvalue weighted by molar-refractivity contribution is 0.156. The van der Waals surface area contributed by atoms with Gasteiger partial charge in [0.1, 0.15) is 0 Å². The fraction of sp³-hybridized carbons (Fsp3) is 0.714. The zero-order valence-corrected chi connectivity index (χ0v) is 14.7. The molecular formula is C21H29F3. The second-order valence-corrected chi connectivity index (χ2v) is 7.98. The van der Waals surface area contributed by atoms with E-state index < -0.39 is 17.5 Å². The van der Waals surface area contributed by atoms with E-state index in [2.05, 4.69) is 6.92 Å². The third kappa shape index (κ3) is 3.97. The van der Waals surface area contributed by atoms with Crippen molar-refractivity contribution in [2.24, 2.45) is 17.8 Å². The molecule has 0 N–H and O–H groups in total. The molecule has 0 radical (unpaired) electrons. The third-order valence-electron chi connectivity index (χ3n) is 6.50. The second kappa shape index (κ2) is 7.93. The van der Waals surface area contributed by atoms with Crippen LogP contribution in [0.4, 0.5) is 13.2 Å². The average molecular weight is 338 g/mol. The summed E-state index contributed by atoms with van der Waals surface area (Å²) in [5.74, 6) is -0.714. The minimum Gasteiger partial charge on any atom is -0.204 e. The first-order chi connectivity index (χ1) is 11.6. The predicted octanol–water partition coefficient (Wildman–Crippen LogP) is 6.98. The van der Waals surface area contributed by atoms with Crippen LogP contribution < -0.4 is 0 Å². The predicted molar refractivity (Wildman–Crippen MR) is 91.4 cm³/mol. The van der Waals surface area contributed by atoms with Gasteiger partial charge in [0, 0.05) is 0 Å². The van der Waals surface area contributed by atoms with E-state index in [4.69, 9.17) is 0 Å². The van der Waals surface area contributed by atoms with Gasteiger partial charge in [-0.1, -0.05) is 32.6 Å². The quantitative estimate of drug-likeness (QED) is 0.519. The second-order valence-electron chi connectivity index (χ2n) is 7.98. The molecule has 24 heavy (non-hydrogen) atoms. The summed E-state index contributed by atoms with van der Waals surface area (Å²) in [6.07, 6.45) is 12.4. The van der Waals surface area contributed by atoms with Gasteiger partial charge in [-0.3, -0.25) is 0 Å². The Morgan fingerprint density at radius 3 is 1.79 bits per heavy atom. The van der Waals surface area contributed by atoms with Crippen LogP contribution in [0.5, 0.6) is 0 Å². The van der Waals surface area contributed by atoms with Crippen molar-refractivity contribution in [3.63, 3.8) is 0 Å². The topological polar surface area (TPSA) is 0 Å². The van der Waals surface area contributed by atoms with Crippen LogP contribution in [-0.2, 0) is 0 Å². The molecule has 2 aliphatic carbocycles. The Hall–Kier alpha value is -0.990. The Kier molecular flexibility index (Phi) is 5.89. The Bertz CT molecular complexity index is 515. The van der Waals surface area contributed by atoms with Gasteiger partial charge in [-0.25, -0.2) is 13.2 Å². The molecule has 0 bridgehead atoms. The Morgan fingerprint density at radius 2 is 1.29 bits per heavy atom. The molecule has 1 aromatic rings. The van der Waals surface area contributed by atoms with E-state index in [1.165, 1.54) is 50.7 Å². The van der Waals surface area contributed by atoms with Crippen LogP contribution in [0, 0.1) is 35.2 Å². The summed E-state index contributed by atoms with van der Waals surface area (Å²) >= 11 is 0. The molecule has 1 aromatic carbocycles. The molecule has 0 nitrogen and oxygen atoms in total. The van der Waals surface area contributed by atoms with Crippen LogP contribution in [0.1, 0.15) is 82.6 Å². The molecule has 0 amide bonds. The first kappa shape index (κ1) is 17.8. The molecule has 0 aromatic heterocycles. The van der Waals surface area contributed by atoms with Crippen LogP contribution >= 0.6 is 0 Å². The van der Waals surface area contributed by atoms with E-state index in [0.717, 1.165) is 43.4 Å². The van der Waals surface area contributed by atoms with Gasteiger partial charge in [0.15, 0.2) is 17.5 Å². The molecule has 0 unspecified atom stereocenters. The monoisotopic (exact) mass is 338 g/mol. The summed E-state index contributed by atoms with van der Waals surface area (Å²) in [7, 11) is 0. The highest BCUT2D eigenvalue weighted by atomic mass is 19.2. The molecule has 2 fully saturated rings. The highest BCUT2D eigenvalue weighted by Gasteiger charge is 2.31. The molecule has 3 rings (SSSR count). The highest BCUT2D eigenvalue weighted by molar-refractivity contribution is 5.23. The normalized spacial score (nSPS) is 31.2. The third-order valence-corrected chi connectivity index (χ3v) is 6.50. The summed E-state index contributed by atoms with van der Waals surface area (Å²) in [4.78, 5) is 0. The van der Waals surface area contributed by atoms with Crippen molar-refractivity contribution < 1.29 is 13.2 Å². The first-order valence-electron chi connectivity index (χ1n) is 9.72. The fourth-order valence-corrected chi connectivity index (χ4v) is 5.09. The van der Waals surface area contributed by atoms with Gasteiger partial charge < -0.3 is 0 Å². The largest absolute Gasteiger partial charge is 0.204 e. The van der Waals surface area contributed by atoms with Gasteiger partial charge in [-0.05, 0) is 79.9 Å². The maximum atomic E-state index is 13.4. The minimum absolute atomic E-state index is 0.183. The van der Waals surface area contributed by atoms with Crippen molar-refractivity contribution in [2.75, 3.05) is 0 Å². The van der Waals surface area contributed by atoms with Crippen molar-refractivity contribution in [2.45, 2.75) is 77.0 Å². The smallest absolute Gasteiger partial charge is 0.194 e. The molecular weight excluding hydrogens is 309 g/mol. The van der Waals surface area contributed by atoms with Crippen LogP contribution in [-0.4, -0.2) is 0 Å². The molecule has 0 spiro atoms. The van der Waals surface area contributed by atoms with Crippen molar-refractivity contribution >= 4 is 0 Å².